The van der Waals surface area contributed by atoms with Crippen molar-refractivity contribution in [3.63, 3.8) is 0 Å². The van der Waals surface area contributed by atoms with Gasteiger partial charge in [-0.2, -0.15) is 0 Å². The minimum atomic E-state index is -0.101. The fourth-order valence-electron chi connectivity index (χ4n) is 5.08. The standard InChI is InChI=1S/C42H38N2O3/c1-32(43-37-19-25-40(26-20-37)46-30-34-13-7-3-8-14-34)42(36-17-23-39(24-18-36)45-29-33-11-5-2-6-12-33)44-38-21-27-41(28-22-38)47-31-35-15-9-4-10-16-35/h2-28,32,43H,29-31H2,1H3/b44-42+. The van der Waals surface area contributed by atoms with Crippen molar-refractivity contribution in [2.45, 2.75) is 32.8 Å². The van der Waals surface area contributed by atoms with Crippen LogP contribution in [0.4, 0.5) is 11.4 Å². The number of rotatable bonds is 14. The Morgan fingerprint density at radius 1 is 0.489 bits per heavy atom. The highest BCUT2D eigenvalue weighted by atomic mass is 16.5. The summed E-state index contributed by atoms with van der Waals surface area (Å²) >= 11 is 0. The van der Waals surface area contributed by atoms with E-state index in [1.807, 2.05) is 115 Å². The van der Waals surface area contributed by atoms with Gasteiger partial charge >= 0.3 is 0 Å². The Bertz CT molecular complexity index is 1820. The molecule has 1 unspecified atom stereocenters. The van der Waals surface area contributed by atoms with Crippen molar-refractivity contribution in [1.82, 2.24) is 0 Å². The molecule has 0 spiro atoms. The van der Waals surface area contributed by atoms with Gasteiger partial charge in [-0.05, 0) is 102 Å². The molecular weight excluding hydrogens is 580 g/mol. The van der Waals surface area contributed by atoms with Gasteiger partial charge in [0.2, 0.25) is 0 Å². The van der Waals surface area contributed by atoms with E-state index in [1.54, 1.807) is 0 Å². The maximum absolute atomic E-state index is 6.05. The predicted octanol–water partition coefficient (Wildman–Crippen LogP) is 10.0. The van der Waals surface area contributed by atoms with Crippen molar-refractivity contribution in [2.75, 3.05) is 5.32 Å². The van der Waals surface area contributed by atoms with Crippen LogP contribution in [0.25, 0.3) is 0 Å². The predicted molar refractivity (Wildman–Crippen MR) is 191 cm³/mol. The minimum Gasteiger partial charge on any atom is -0.489 e. The normalized spacial score (nSPS) is 11.8. The van der Waals surface area contributed by atoms with Crippen molar-refractivity contribution >= 4 is 17.1 Å². The molecule has 47 heavy (non-hydrogen) atoms. The summed E-state index contributed by atoms with van der Waals surface area (Å²) in [6, 6.07) is 54.5. The maximum atomic E-state index is 6.05. The molecule has 0 bridgehead atoms. The Hall–Kier alpha value is -5.81. The van der Waals surface area contributed by atoms with Crippen LogP contribution in [0, 0.1) is 0 Å². The van der Waals surface area contributed by atoms with E-state index in [0.717, 1.165) is 56.6 Å². The lowest BCUT2D eigenvalue weighted by Gasteiger charge is -2.19. The number of aliphatic imine (C=N–C) groups is 1. The fourth-order valence-corrected chi connectivity index (χ4v) is 5.08. The van der Waals surface area contributed by atoms with Gasteiger partial charge in [-0.25, -0.2) is 0 Å². The highest BCUT2D eigenvalue weighted by molar-refractivity contribution is 6.07. The first-order chi connectivity index (χ1) is 23.2. The molecule has 5 heteroatoms. The van der Waals surface area contributed by atoms with Crippen molar-refractivity contribution in [2.24, 2.45) is 4.99 Å². The van der Waals surface area contributed by atoms with E-state index in [1.165, 1.54) is 0 Å². The SMILES string of the molecule is CC(Nc1ccc(OCc2ccccc2)cc1)/C(=N\c1ccc(OCc2ccccc2)cc1)c1ccc(OCc2ccccc2)cc1. The summed E-state index contributed by atoms with van der Waals surface area (Å²) < 4.78 is 18.0. The van der Waals surface area contributed by atoms with E-state index >= 15 is 0 Å². The van der Waals surface area contributed by atoms with Crippen molar-refractivity contribution in [3.8, 4) is 17.2 Å². The molecule has 0 aliphatic heterocycles. The molecular formula is C42H38N2O3. The zero-order valence-corrected chi connectivity index (χ0v) is 26.5. The molecule has 0 aromatic heterocycles. The molecule has 0 saturated heterocycles. The van der Waals surface area contributed by atoms with E-state index in [-0.39, 0.29) is 6.04 Å². The van der Waals surface area contributed by atoms with Gasteiger partial charge in [0.15, 0.2) is 0 Å². The van der Waals surface area contributed by atoms with E-state index < -0.39 is 0 Å². The van der Waals surface area contributed by atoms with Crippen LogP contribution in [0.3, 0.4) is 0 Å². The molecule has 0 heterocycles. The molecule has 234 valence electrons. The molecule has 0 aliphatic carbocycles. The van der Waals surface area contributed by atoms with Gasteiger partial charge in [0.1, 0.15) is 37.1 Å². The summed E-state index contributed by atoms with van der Waals surface area (Å²) in [6.07, 6.45) is 0. The topological polar surface area (TPSA) is 52.1 Å². The molecule has 6 rings (SSSR count). The number of hydrogen-bond acceptors (Lipinski definition) is 5. The minimum absolute atomic E-state index is 0.101. The van der Waals surface area contributed by atoms with Gasteiger partial charge in [0.05, 0.1) is 17.4 Å². The lowest BCUT2D eigenvalue weighted by atomic mass is 10.0. The molecule has 0 amide bonds. The molecule has 0 aliphatic rings. The molecule has 6 aromatic rings. The van der Waals surface area contributed by atoms with Crippen LogP contribution in [0.15, 0.2) is 169 Å². The number of benzene rings is 6. The zero-order valence-electron chi connectivity index (χ0n) is 26.5. The van der Waals surface area contributed by atoms with Gasteiger partial charge in [-0.3, -0.25) is 4.99 Å². The van der Waals surface area contributed by atoms with Crippen molar-refractivity contribution < 1.29 is 14.2 Å². The van der Waals surface area contributed by atoms with Crippen LogP contribution in [0.1, 0.15) is 29.2 Å². The summed E-state index contributed by atoms with van der Waals surface area (Å²) in [6.45, 7) is 3.69. The molecule has 5 nitrogen and oxygen atoms in total. The number of anilines is 1. The monoisotopic (exact) mass is 618 g/mol. The van der Waals surface area contributed by atoms with Crippen LogP contribution in [0.5, 0.6) is 17.2 Å². The highest BCUT2D eigenvalue weighted by Gasteiger charge is 2.15. The third kappa shape index (κ3) is 9.35. The first-order valence-corrected chi connectivity index (χ1v) is 15.8. The smallest absolute Gasteiger partial charge is 0.119 e. The van der Waals surface area contributed by atoms with Crippen molar-refractivity contribution in [3.05, 3.63) is 186 Å². The number of ether oxygens (including phenoxy) is 3. The first kappa shape index (κ1) is 31.2. The van der Waals surface area contributed by atoms with Crippen molar-refractivity contribution in [1.29, 1.82) is 0 Å². The van der Waals surface area contributed by atoms with Crippen LogP contribution in [-0.2, 0) is 19.8 Å². The van der Waals surface area contributed by atoms with E-state index in [0.29, 0.717) is 19.8 Å². The molecule has 0 saturated carbocycles. The van der Waals surface area contributed by atoms with Gasteiger partial charge in [0, 0.05) is 5.69 Å². The lowest BCUT2D eigenvalue weighted by molar-refractivity contribution is 0.306. The molecule has 6 aromatic carbocycles. The average Bonchev–Trinajstić information content (AvgIpc) is 3.14. The summed E-state index contributed by atoms with van der Waals surface area (Å²) in [5.74, 6) is 2.43. The van der Waals surface area contributed by atoms with E-state index in [2.05, 4.69) is 60.8 Å². The second-order valence-corrected chi connectivity index (χ2v) is 11.2. The van der Waals surface area contributed by atoms with E-state index in [9.17, 15) is 0 Å². The Labute approximate surface area is 277 Å². The second kappa shape index (κ2) is 16.0. The van der Waals surface area contributed by atoms with Crippen LogP contribution >= 0.6 is 0 Å². The third-order valence-corrected chi connectivity index (χ3v) is 7.63. The number of nitrogens with one attached hydrogen (secondary N) is 1. The van der Waals surface area contributed by atoms with Gasteiger partial charge in [-0.15, -0.1) is 0 Å². The second-order valence-electron chi connectivity index (χ2n) is 11.2. The van der Waals surface area contributed by atoms with Gasteiger partial charge in [0.25, 0.3) is 0 Å². The zero-order chi connectivity index (χ0) is 32.1. The Morgan fingerprint density at radius 2 is 0.872 bits per heavy atom. The van der Waals surface area contributed by atoms with Gasteiger partial charge < -0.3 is 19.5 Å². The lowest BCUT2D eigenvalue weighted by Crippen LogP contribution is -2.27. The maximum Gasteiger partial charge on any atom is 0.119 e. The molecule has 1 N–H and O–H groups in total. The fraction of sp³-hybridized carbons (Fsp3) is 0.119. The van der Waals surface area contributed by atoms with Crippen LogP contribution in [-0.4, -0.2) is 11.8 Å². The largest absolute Gasteiger partial charge is 0.489 e. The average molecular weight is 619 g/mol. The number of nitrogens with zero attached hydrogens (tertiary/aromatic N) is 1. The molecule has 0 fully saturated rings. The van der Waals surface area contributed by atoms with E-state index in [4.69, 9.17) is 19.2 Å². The quantitative estimate of drug-likeness (QED) is 0.123. The Balaban J connectivity index is 1.16. The Morgan fingerprint density at radius 3 is 1.30 bits per heavy atom. The molecule has 1 atom stereocenters. The van der Waals surface area contributed by atoms with Crippen LogP contribution in [0.2, 0.25) is 0 Å². The summed E-state index contributed by atoms with van der Waals surface area (Å²) in [4.78, 5) is 5.12. The first-order valence-electron chi connectivity index (χ1n) is 15.8. The molecule has 0 radical (unpaired) electrons. The summed E-state index contributed by atoms with van der Waals surface area (Å²) in [5.41, 5.74) is 7.12. The third-order valence-electron chi connectivity index (χ3n) is 7.63. The summed E-state index contributed by atoms with van der Waals surface area (Å²) in [7, 11) is 0. The van der Waals surface area contributed by atoms with Gasteiger partial charge in [-0.1, -0.05) is 91.0 Å². The number of hydrogen-bond donors (Lipinski definition) is 1. The highest BCUT2D eigenvalue weighted by Crippen LogP contribution is 2.24. The Kier molecular flexibility index (Phi) is 10.6. The summed E-state index contributed by atoms with van der Waals surface area (Å²) in [5, 5.41) is 3.63. The van der Waals surface area contributed by atoms with Crippen LogP contribution < -0.4 is 19.5 Å².